The Balaban J connectivity index is 2.27. The number of benzene rings is 2. The van der Waals surface area contributed by atoms with Gasteiger partial charge in [0.2, 0.25) is 0 Å². The Bertz CT molecular complexity index is 1270. The summed E-state index contributed by atoms with van der Waals surface area (Å²) in [5.41, 5.74) is 0.471. The molecule has 0 radical (unpaired) electrons. The van der Waals surface area contributed by atoms with Gasteiger partial charge in [-0.3, -0.25) is 14.8 Å². The zero-order valence-electron chi connectivity index (χ0n) is 16.8. The van der Waals surface area contributed by atoms with Crippen LogP contribution in [0.3, 0.4) is 0 Å². The summed E-state index contributed by atoms with van der Waals surface area (Å²) in [6, 6.07) is 9.16. The van der Waals surface area contributed by atoms with E-state index in [9.17, 15) is 23.3 Å². The number of non-ortho nitro benzene ring substituents is 1. The number of methoxy groups -OCH3 is 1. The second-order valence-corrected chi connectivity index (χ2v) is 7.93. The minimum absolute atomic E-state index is 0.00523. The molecule has 2 N–H and O–H groups in total. The van der Waals surface area contributed by atoms with Crippen LogP contribution in [0.25, 0.3) is 0 Å². The topological polar surface area (TPSA) is 148 Å². The Kier molecular flexibility index (Phi) is 8.00. The van der Waals surface area contributed by atoms with Crippen LogP contribution in [0.15, 0.2) is 57.9 Å². The average Bonchev–Trinajstić information content (AvgIpc) is 2.75. The van der Waals surface area contributed by atoms with Crippen molar-refractivity contribution in [3.8, 4) is 17.6 Å². The van der Waals surface area contributed by atoms with Crippen molar-refractivity contribution in [2.24, 2.45) is 4.99 Å². The van der Waals surface area contributed by atoms with Crippen molar-refractivity contribution in [2.75, 3.05) is 11.8 Å². The number of carboxylic acids is 1. The molecule has 2 aromatic carbocycles. The number of carbonyl (C=O) groups is 1. The van der Waals surface area contributed by atoms with E-state index in [0.29, 0.717) is 5.56 Å². The summed E-state index contributed by atoms with van der Waals surface area (Å²) in [6.45, 7) is 1.48. The highest BCUT2D eigenvalue weighted by atomic mass is 32.2. The SMILES string of the molecule is COc1cc(C(=O)O)ccc1NS(=O)(=O)C(=C/S)/N=C(\C)C#Cc1ccc([N+](=O)[O-])cc1. The van der Waals surface area contributed by atoms with Crippen molar-refractivity contribution in [3.63, 3.8) is 0 Å². The number of anilines is 1. The smallest absolute Gasteiger partial charge is 0.335 e. The third kappa shape index (κ3) is 6.34. The van der Waals surface area contributed by atoms with Gasteiger partial charge in [0, 0.05) is 23.1 Å². The number of nitro benzene ring substituents is 1. The second kappa shape index (κ2) is 10.5. The summed E-state index contributed by atoms with van der Waals surface area (Å²) < 4.78 is 32.7. The monoisotopic (exact) mass is 475 g/mol. The van der Waals surface area contributed by atoms with Crippen molar-refractivity contribution in [1.82, 2.24) is 0 Å². The summed E-state index contributed by atoms with van der Waals surface area (Å²) in [5, 5.41) is 20.3. The maximum atomic E-state index is 12.7. The molecule has 0 saturated carbocycles. The third-order valence-corrected chi connectivity index (χ3v) is 5.49. The number of hydrogen-bond donors (Lipinski definition) is 3. The van der Waals surface area contributed by atoms with Gasteiger partial charge >= 0.3 is 5.97 Å². The van der Waals surface area contributed by atoms with Crippen LogP contribution in [0.2, 0.25) is 0 Å². The first-order chi connectivity index (χ1) is 15.1. The number of aliphatic imine (C=N–C) groups is 1. The summed E-state index contributed by atoms with van der Waals surface area (Å²) in [4.78, 5) is 25.2. The molecule has 2 rings (SSSR count). The van der Waals surface area contributed by atoms with Crippen LogP contribution in [-0.4, -0.2) is 37.2 Å². The number of hydrogen-bond acceptors (Lipinski definition) is 8. The predicted molar refractivity (Wildman–Crippen MR) is 123 cm³/mol. The Morgan fingerprint density at radius 3 is 2.47 bits per heavy atom. The number of rotatable bonds is 7. The maximum absolute atomic E-state index is 12.7. The van der Waals surface area contributed by atoms with Crippen molar-refractivity contribution < 1.29 is 28.0 Å². The number of ether oxygens (including phenoxy) is 1. The minimum atomic E-state index is -4.21. The van der Waals surface area contributed by atoms with Gasteiger partial charge in [-0.2, -0.15) is 8.42 Å². The van der Waals surface area contributed by atoms with Gasteiger partial charge in [-0.25, -0.2) is 9.79 Å². The molecule has 0 saturated heterocycles. The number of nitro groups is 1. The summed E-state index contributed by atoms with van der Waals surface area (Å²) in [7, 11) is -2.94. The molecule has 12 heteroatoms. The fraction of sp³-hybridized carbons (Fsp3) is 0.100. The van der Waals surface area contributed by atoms with E-state index >= 15 is 0 Å². The zero-order chi connectivity index (χ0) is 23.9. The summed E-state index contributed by atoms with van der Waals surface area (Å²) in [6.07, 6.45) is 0. The normalized spacial score (nSPS) is 11.8. The van der Waals surface area contributed by atoms with Crippen LogP contribution in [0, 0.1) is 22.0 Å². The summed E-state index contributed by atoms with van der Waals surface area (Å²) >= 11 is 3.90. The molecule has 0 fully saturated rings. The molecule has 0 unspecified atom stereocenters. The third-order valence-electron chi connectivity index (χ3n) is 3.82. The molecule has 2 aromatic rings. The lowest BCUT2D eigenvalue weighted by molar-refractivity contribution is -0.384. The highest BCUT2D eigenvalue weighted by Crippen LogP contribution is 2.28. The molecular weight excluding hydrogens is 458 g/mol. The van der Waals surface area contributed by atoms with Gasteiger partial charge in [0.25, 0.3) is 15.7 Å². The highest BCUT2D eigenvalue weighted by molar-refractivity contribution is 7.97. The van der Waals surface area contributed by atoms with Crippen LogP contribution < -0.4 is 9.46 Å². The van der Waals surface area contributed by atoms with Gasteiger partial charge < -0.3 is 9.84 Å². The molecule has 0 spiro atoms. The van der Waals surface area contributed by atoms with Crippen LogP contribution in [0.5, 0.6) is 5.75 Å². The van der Waals surface area contributed by atoms with Crippen molar-refractivity contribution >= 4 is 45.7 Å². The summed E-state index contributed by atoms with van der Waals surface area (Å²) in [5.74, 6) is 4.21. The van der Waals surface area contributed by atoms with Gasteiger partial charge in [0.15, 0.2) is 5.03 Å². The molecule has 0 aliphatic rings. The molecular formula is C20H17N3O7S2. The maximum Gasteiger partial charge on any atom is 0.335 e. The average molecular weight is 476 g/mol. The highest BCUT2D eigenvalue weighted by Gasteiger charge is 2.20. The Morgan fingerprint density at radius 2 is 1.94 bits per heavy atom. The van der Waals surface area contributed by atoms with E-state index in [0.717, 1.165) is 5.41 Å². The number of sulfonamides is 1. The largest absolute Gasteiger partial charge is 0.495 e. The van der Waals surface area contributed by atoms with E-state index in [1.807, 2.05) is 0 Å². The molecule has 0 amide bonds. The minimum Gasteiger partial charge on any atom is -0.495 e. The van der Waals surface area contributed by atoms with Crippen molar-refractivity contribution in [1.29, 1.82) is 0 Å². The lowest BCUT2D eigenvalue weighted by atomic mass is 10.2. The van der Waals surface area contributed by atoms with Crippen LogP contribution >= 0.6 is 12.6 Å². The molecule has 0 aromatic heterocycles. The van der Waals surface area contributed by atoms with Crippen LogP contribution in [0.4, 0.5) is 11.4 Å². The number of nitrogens with zero attached hydrogens (tertiary/aromatic N) is 2. The zero-order valence-corrected chi connectivity index (χ0v) is 18.5. The number of nitrogens with one attached hydrogen (secondary N) is 1. The first-order valence-corrected chi connectivity index (χ1v) is 10.7. The van der Waals surface area contributed by atoms with E-state index in [1.54, 1.807) is 0 Å². The fourth-order valence-electron chi connectivity index (χ4n) is 2.29. The molecule has 0 aliphatic carbocycles. The molecule has 32 heavy (non-hydrogen) atoms. The van der Waals surface area contributed by atoms with Gasteiger partial charge in [-0.05, 0) is 43.2 Å². The molecule has 10 nitrogen and oxygen atoms in total. The van der Waals surface area contributed by atoms with Crippen molar-refractivity contribution in [3.05, 3.63) is 74.1 Å². The van der Waals surface area contributed by atoms with Gasteiger partial charge in [0.05, 0.1) is 29.0 Å². The molecule has 0 bridgehead atoms. The van der Waals surface area contributed by atoms with Crippen molar-refractivity contribution in [2.45, 2.75) is 6.92 Å². The number of thiol groups is 1. The van der Waals surface area contributed by atoms with Gasteiger partial charge in [-0.15, -0.1) is 12.6 Å². The molecule has 0 heterocycles. The Labute approximate surface area is 189 Å². The predicted octanol–water partition coefficient (Wildman–Crippen LogP) is 3.28. The quantitative estimate of drug-likeness (QED) is 0.183. The lowest BCUT2D eigenvalue weighted by Crippen LogP contribution is -2.15. The van der Waals surface area contributed by atoms with E-state index < -0.39 is 25.9 Å². The Hall–Kier alpha value is -3.82. The van der Waals surface area contributed by atoms with Gasteiger partial charge in [0.1, 0.15) is 5.75 Å². The van der Waals surface area contributed by atoms with E-state index in [2.05, 4.69) is 34.2 Å². The fourth-order valence-corrected chi connectivity index (χ4v) is 3.72. The first-order valence-electron chi connectivity index (χ1n) is 8.67. The molecule has 166 valence electrons. The molecule has 0 atom stereocenters. The van der Waals surface area contributed by atoms with Crippen LogP contribution in [0.1, 0.15) is 22.8 Å². The Morgan fingerprint density at radius 1 is 1.28 bits per heavy atom. The van der Waals surface area contributed by atoms with Crippen LogP contribution in [-0.2, 0) is 10.0 Å². The number of aromatic carboxylic acids is 1. The molecule has 0 aliphatic heterocycles. The lowest BCUT2D eigenvalue weighted by Gasteiger charge is -2.12. The van der Waals surface area contributed by atoms with E-state index in [1.165, 1.54) is 56.5 Å². The van der Waals surface area contributed by atoms with Gasteiger partial charge in [-0.1, -0.05) is 5.92 Å². The van der Waals surface area contributed by atoms with E-state index in [4.69, 9.17) is 9.84 Å². The van der Waals surface area contributed by atoms with E-state index in [-0.39, 0.29) is 28.4 Å². The first kappa shape index (κ1) is 24.4. The standard InChI is InChI=1S/C20H17N3O7S2/c1-13(3-4-14-5-8-16(9-6-14)23(26)27)21-19(12-31)32(28,29)22-17-10-7-15(20(24)25)11-18(17)30-2/h5-12,22,31H,1-2H3,(H,24,25)/b19-12+,21-13+. The second-order valence-electron chi connectivity index (χ2n) is 6.04. The number of carboxylic acid groups (broad SMARTS) is 1.